The van der Waals surface area contributed by atoms with E-state index in [4.69, 9.17) is 14.7 Å². The molecule has 0 saturated heterocycles. The summed E-state index contributed by atoms with van der Waals surface area (Å²) in [5.74, 6) is -0.942. The maximum Gasteiger partial charge on any atom is 0.346 e. The van der Waals surface area contributed by atoms with Crippen LogP contribution in [0.25, 0.3) is 0 Å². The number of hydrogen-bond acceptors (Lipinski definition) is 4. The molecule has 2 aromatic rings. The van der Waals surface area contributed by atoms with E-state index in [1.54, 1.807) is 12.1 Å². The number of esters is 1. The van der Waals surface area contributed by atoms with Crippen LogP contribution in [0.15, 0.2) is 36.4 Å². The van der Waals surface area contributed by atoms with Gasteiger partial charge in [-0.25, -0.2) is 13.6 Å². The lowest BCUT2D eigenvalue weighted by molar-refractivity contribution is 0.0729. The minimum atomic E-state index is -0.942. The first-order valence-electron chi connectivity index (χ1n) is 13.3. The van der Waals surface area contributed by atoms with Crippen LogP contribution in [0.1, 0.15) is 99.9 Å². The topological polar surface area (TPSA) is 59.3 Å². The summed E-state index contributed by atoms with van der Waals surface area (Å²) >= 11 is 0. The van der Waals surface area contributed by atoms with Crippen molar-refractivity contribution in [3.63, 3.8) is 0 Å². The number of benzene rings is 2. The molecule has 0 aliphatic heterocycles. The van der Waals surface area contributed by atoms with Crippen LogP contribution in [0.4, 0.5) is 8.78 Å². The Hall–Kier alpha value is -2.94. The van der Waals surface area contributed by atoms with Gasteiger partial charge in [-0.3, -0.25) is 0 Å². The second-order valence-corrected chi connectivity index (χ2v) is 9.89. The lowest BCUT2D eigenvalue weighted by Crippen LogP contribution is -2.20. The second kappa shape index (κ2) is 14.6. The van der Waals surface area contributed by atoms with E-state index < -0.39 is 17.6 Å². The molecule has 4 nitrogen and oxygen atoms in total. The molecule has 0 unspecified atom stereocenters. The highest BCUT2D eigenvalue weighted by molar-refractivity contribution is 5.91. The van der Waals surface area contributed by atoms with Gasteiger partial charge in [-0.15, -0.1) is 0 Å². The lowest BCUT2D eigenvalue weighted by Gasteiger charge is -2.28. The van der Waals surface area contributed by atoms with Crippen molar-refractivity contribution in [1.29, 1.82) is 5.26 Å². The Morgan fingerprint density at radius 1 is 0.889 bits per heavy atom. The molecule has 1 saturated carbocycles. The molecule has 194 valence electrons. The van der Waals surface area contributed by atoms with Crippen molar-refractivity contribution in [1.82, 2.24) is 0 Å². The number of nitriles is 1. The predicted octanol–water partition coefficient (Wildman–Crippen LogP) is 8.38. The van der Waals surface area contributed by atoms with Gasteiger partial charge in [0.1, 0.15) is 29.2 Å². The van der Waals surface area contributed by atoms with Gasteiger partial charge < -0.3 is 9.47 Å². The number of carbonyl (C=O) groups excluding carboxylic acids is 1. The Morgan fingerprint density at radius 3 is 2.19 bits per heavy atom. The van der Waals surface area contributed by atoms with E-state index in [1.807, 2.05) is 0 Å². The fraction of sp³-hybridized carbons (Fsp3) is 0.533. The van der Waals surface area contributed by atoms with Gasteiger partial charge in [-0.1, -0.05) is 71.1 Å². The number of ether oxygens (including phenoxy) is 2. The molecule has 36 heavy (non-hydrogen) atoms. The molecule has 0 radical (unpaired) electrons. The monoisotopic (exact) mass is 497 g/mol. The molecule has 1 aliphatic rings. The van der Waals surface area contributed by atoms with Gasteiger partial charge in [0, 0.05) is 12.1 Å². The second-order valence-electron chi connectivity index (χ2n) is 9.89. The van der Waals surface area contributed by atoms with Crippen molar-refractivity contribution >= 4 is 5.97 Å². The molecular formula is C30H37F2NO3. The van der Waals surface area contributed by atoms with Crippen LogP contribution in [0.5, 0.6) is 11.5 Å². The average molecular weight is 498 g/mol. The van der Waals surface area contributed by atoms with E-state index in [1.165, 1.54) is 88.5 Å². The molecule has 0 spiro atoms. The summed E-state index contributed by atoms with van der Waals surface area (Å²) < 4.78 is 39.1. The van der Waals surface area contributed by atoms with Gasteiger partial charge in [0.05, 0.1) is 17.7 Å². The Kier molecular flexibility index (Phi) is 11.2. The molecule has 0 N–H and O–H groups in total. The predicted molar refractivity (Wildman–Crippen MR) is 136 cm³/mol. The number of carbonyl (C=O) groups is 1. The zero-order chi connectivity index (χ0) is 25.8. The number of rotatable bonds is 13. The number of hydrogen-bond donors (Lipinski definition) is 0. The minimum Gasteiger partial charge on any atom is -0.493 e. The first kappa shape index (κ1) is 27.6. The van der Waals surface area contributed by atoms with E-state index in [0.29, 0.717) is 18.3 Å². The van der Waals surface area contributed by atoms with Gasteiger partial charge >= 0.3 is 5.97 Å². The van der Waals surface area contributed by atoms with Crippen LogP contribution < -0.4 is 9.47 Å². The normalized spacial score (nSPS) is 17.4. The average Bonchev–Trinajstić information content (AvgIpc) is 2.87. The molecular weight excluding hydrogens is 460 g/mol. The Morgan fingerprint density at radius 2 is 1.53 bits per heavy atom. The van der Waals surface area contributed by atoms with Gasteiger partial charge in [0.2, 0.25) is 0 Å². The highest BCUT2D eigenvalue weighted by Crippen LogP contribution is 2.33. The lowest BCUT2D eigenvalue weighted by atomic mass is 9.80. The summed E-state index contributed by atoms with van der Waals surface area (Å²) in [6.45, 7) is 2.79. The molecule has 1 fully saturated rings. The minimum absolute atomic E-state index is 0.0983. The van der Waals surface area contributed by atoms with Crippen LogP contribution in [0, 0.1) is 34.8 Å². The third-order valence-electron chi connectivity index (χ3n) is 7.10. The molecule has 0 aromatic heterocycles. The maximum absolute atomic E-state index is 14.6. The fourth-order valence-electron chi connectivity index (χ4n) is 4.85. The Bertz CT molecular complexity index is 1030. The van der Waals surface area contributed by atoms with Crippen LogP contribution in [0.3, 0.4) is 0 Å². The van der Waals surface area contributed by atoms with Gasteiger partial charge in [0.15, 0.2) is 0 Å². The Balaban J connectivity index is 1.38. The third-order valence-corrected chi connectivity index (χ3v) is 7.10. The highest BCUT2D eigenvalue weighted by atomic mass is 19.1. The summed E-state index contributed by atoms with van der Waals surface area (Å²) in [5.41, 5.74) is -0.429. The first-order chi connectivity index (χ1) is 17.5. The highest BCUT2D eigenvalue weighted by Gasteiger charge is 2.22. The molecule has 2 aromatic carbocycles. The fourth-order valence-corrected chi connectivity index (χ4v) is 4.85. The zero-order valence-electron chi connectivity index (χ0n) is 21.2. The van der Waals surface area contributed by atoms with Crippen molar-refractivity contribution in [3.05, 3.63) is 59.2 Å². The number of unbranched alkanes of at least 4 members (excludes halogenated alkanes) is 6. The van der Waals surface area contributed by atoms with E-state index in [-0.39, 0.29) is 16.9 Å². The molecule has 0 atom stereocenters. The molecule has 0 bridgehead atoms. The quantitative estimate of drug-likeness (QED) is 0.158. The number of halogens is 2. The van der Waals surface area contributed by atoms with E-state index in [0.717, 1.165) is 24.8 Å². The van der Waals surface area contributed by atoms with Gasteiger partial charge in [-0.05, 0) is 48.9 Å². The smallest absolute Gasteiger partial charge is 0.346 e. The molecule has 3 rings (SSSR count). The maximum atomic E-state index is 14.6. The van der Waals surface area contributed by atoms with Crippen LogP contribution in [0.2, 0.25) is 0 Å². The molecule has 1 aliphatic carbocycles. The zero-order valence-corrected chi connectivity index (χ0v) is 21.2. The van der Waals surface area contributed by atoms with Crippen molar-refractivity contribution in [2.75, 3.05) is 6.61 Å². The number of nitrogens with zero attached hydrogens (tertiary/aromatic N) is 1. The summed E-state index contributed by atoms with van der Waals surface area (Å²) in [7, 11) is 0. The largest absolute Gasteiger partial charge is 0.493 e. The molecule has 0 heterocycles. The van der Waals surface area contributed by atoms with Crippen LogP contribution in [-0.4, -0.2) is 12.6 Å². The van der Waals surface area contributed by atoms with E-state index in [2.05, 4.69) is 6.92 Å². The SMILES string of the molecule is CCCCCCCCC[C@H]1CC[C@H](COc2ccc(C(=O)Oc3ccc(C#N)c(F)c3)c(F)c2)CC1. The van der Waals surface area contributed by atoms with Crippen LogP contribution >= 0.6 is 0 Å². The van der Waals surface area contributed by atoms with Crippen molar-refractivity contribution < 1.29 is 23.0 Å². The summed E-state index contributed by atoms with van der Waals surface area (Å²) in [6.07, 6.45) is 15.5. The van der Waals surface area contributed by atoms with Crippen LogP contribution in [-0.2, 0) is 0 Å². The molecule has 6 heteroatoms. The third kappa shape index (κ3) is 8.62. The van der Waals surface area contributed by atoms with Crippen molar-refractivity contribution in [2.45, 2.75) is 84.0 Å². The summed E-state index contributed by atoms with van der Waals surface area (Å²) in [6, 6.07) is 9.15. The van der Waals surface area contributed by atoms with Gasteiger partial charge in [0.25, 0.3) is 0 Å². The standard InChI is InChI=1S/C30H37F2NO3/c1-2-3-4-5-6-7-8-9-22-10-12-23(13-11-22)21-35-25-16-17-27(29(32)18-25)30(34)36-26-15-14-24(20-33)28(31)19-26/h14-19,22-23H,2-13,21H2,1H3/t22-,23-. The van der Waals surface area contributed by atoms with E-state index >= 15 is 0 Å². The van der Waals surface area contributed by atoms with Crippen molar-refractivity contribution in [2.24, 2.45) is 11.8 Å². The molecule has 0 amide bonds. The van der Waals surface area contributed by atoms with E-state index in [9.17, 15) is 13.6 Å². The van der Waals surface area contributed by atoms with Crippen molar-refractivity contribution in [3.8, 4) is 17.6 Å². The summed E-state index contributed by atoms with van der Waals surface area (Å²) in [5, 5.41) is 8.78. The van der Waals surface area contributed by atoms with Gasteiger partial charge in [-0.2, -0.15) is 5.26 Å². The summed E-state index contributed by atoms with van der Waals surface area (Å²) in [4.78, 5) is 12.3. The first-order valence-corrected chi connectivity index (χ1v) is 13.3. The Labute approximate surface area is 213 Å².